The van der Waals surface area contributed by atoms with Crippen LogP contribution in [0.4, 0.5) is 0 Å². The third kappa shape index (κ3) is 6.69. The SMILES string of the molecule is COc1ccc(P(O[C@H]2C[C@H]3C[C@@H](OP(c4ccc(OC)cc4)c4ccc(OC)cc4)[C@H]3C2)c2ccc(OC)cc2)cc1. The minimum absolute atomic E-state index is 0.187. The third-order valence-electron chi connectivity index (χ3n) is 8.44. The first-order valence-electron chi connectivity index (χ1n) is 14.6. The number of methoxy groups -OCH3 is 4. The summed E-state index contributed by atoms with van der Waals surface area (Å²) in [5.74, 6) is 4.50. The van der Waals surface area contributed by atoms with E-state index >= 15 is 0 Å². The Kier molecular flexibility index (Phi) is 9.50. The average Bonchev–Trinajstić information content (AvgIpc) is 3.39. The van der Waals surface area contributed by atoms with Gasteiger partial charge in [-0.1, -0.05) is 0 Å². The molecule has 4 aromatic carbocycles. The smallest absolute Gasteiger partial charge is 0.118 e. The lowest BCUT2D eigenvalue weighted by Crippen LogP contribution is -2.40. The van der Waals surface area contributed by atoms with Gasteiger partial charge >= 0.3 is 0 Å². The highest BCUT2D eigenvalue weighted by Gasteiger charge is 2.50. The zero-order chi connectivity index (χ0) is 29.8. The van der Waals surface area contributed by atoms with Crippen LogP contribution in [0.25, 0.3) is 0 Å². The van der Waals surface area contributed by atoms with Gasteiger partial charge < -0.3 is 28.0 Å². The van der Waals surface area contributed by atoms with Crippen LogP contribution < -0.4 is 40.2 Å². The highest BCUT2D eigenvalue weighted by molar-refractivity contribution is 7.68. The first-order valence-corrected chi connectivity index (χ1v) is 17.1. The molecule has 0 unspecified atom stereocenters. The van der Waals surface area contributed by atoms with E-state index in [1.54, 1.807) is 28.4 Å². The molecule has 8 heteroatoms. The summed E-state index contributed by atoms with van der Waals surface area (Å²) in [4.78, 5) is 0. The molecule has 0 radical (unpaired) electrons. The van der Waals surface area contributed by atoms with Gasteiger partial charge in [0.05, 0.1) is 56.9 Å². The number of hydrogen-bond donors (Lipinski definition) is 0. The van der Waals surface area contributed by atoms with Gasteiger partial charge in [-0.15, -0.1) is 0 Å². The summed E-state index contributed by atoms with van der Waals surface area (Å²) in [6.45, 7) is 0. The van der Waals surface area contributed by atoms with E-state index in [1.165, 1.54) is 21.2 Å². The Morgan fingerprint density at radius 2 is 0.791 bits per heavy atom. The van der Waals surface area contributed by atoms with E-state index in [-0.39, 0.29) is 12.2 Å². The lowest BCUT2D eigenvalue weighted by molar-refractivity contribution is 0.0161. The first kappa shape index (κ1) is 29.9. The molecule has 6 nitrogen and oxygen atoms in total. The second-order valence-electron chi connectivity index (χ2n) is 10.9. The fourth-order valence-electron chi connectivity index (χ4n) is 6.01. The normalized spacial score (nSPS) is 20.9. The van der Waals surface area contributed by atoms with Gasteiger partial charge in [-0.05, 0) is 128 Å². The van der Waals surface area contributed by atoms with Crippen molar-refractivity contribution in [3.8, 4) is 23.0 Å². The van der Waals surface area contributed by atoms with E-state index in [1.807, 2.05) is 48.5 Å². The van der Waals surface area contributed by atoms with Gasteiger partial charge in [0.25, 0.3) is 0 Å². The number of benzene rings is 4. The predicted molar refractivity (Wildman–Crippen MR) is 175 cm³/mol. The van der Waals surface area contributed by atoms with Crippen molar-refractivity contribution in [1.29, 1.82) is 0 Å². The van der Waals surface area contributed by atoms with Gasteiger partial charge in [-0.25, -0.2) is 0 Å². The molecule has 224 valence electrons. The molecule has 4 aromatic rings. The zero-order valence-electron chi connectivity index (χ0n) is 25.0. The topological polar surface area (TPSA) is 55.4 Å². The second kappa shape index (κ2) is 13.7. The maximum atomic E-state index is 7.00. The maximum Gasteiger partial charge on any atom is 0.118 e. The summed E-state index contributed by atoms with van der Waals surface area (Å²) in [7, 11) is 4.80. The molecule has 2 aliphatic rings. The Balaban J connectivity index is 1.18. The van der Waals surface area contributed by atoms with E-state index < -0.39 is 16.3 Å². The first-order chi connectivity index (χ1) is 21.1. The molecule has 43 heavy (non-hydrogen) atoms. The Hall–Kier alpha value is -3.14. The molecule has 2 saturated carbocycles. The summed E-state index contributed by atoms with van der Waals surface area (Å²) in [6, 6.07) is 33.1. The largest absolute Gasteiger partial charge is 0.497 e. The molecule has 0 amide bonds. The van der Waals surface area contributed by atoms with E-state index in [9.17, 15) is 0 Å². The molecule has 2 fully saturated rings. The van der Waals surface area contributed by atoms with Crippen molar-refractivity contribution in [1.82, 2.24) is 0 Å². The van der Waals surface area contributed by atoms with Crippen molar-refractivity contribution >= 4 is 37.5 Å². The molecule has 0 heterocycles. The van der Waals surface area contributed by atoms with E-state index in [4.69, 9.17) is 28.0 Å². The molecule has 0 aliphatic heterocycles. The lowest BCUT2D eigenvalue weighted by Gasteiger charge is -2.41. The molecular formula is C35H38O6P2. The van der Waals surface area contributed by atoms with Crippen molar-refractivity contribution in [2.75, 3.05) is 28.4 Å². The molecule has 0 N–H and O–H groups in total. The van der Waals surface area contributed by atoms with E-state index in [0.717, 1.165) is 42.3 Å². The van der Waals surface area contributed by atoms with E-state index in [2.05, 4.69) is 48.5 Å². The number of hydrogen-bond acceptors (Lipinski definition) is 6. The average molecular weight is 617 g/mol. The standard InChI is InChI=1S/C35H38O6P2/c1-36-25-5-13-30(14-6-25)42(31-15-7-26(37-2)8-16-31)40-29-21-24-22-35(34(24)23-29)41-43(32-17-9-27(38-3)10-18-32)33-19-11-28(39-4)12-20-33/h5-20,24,29,34-35H,21-23H2,1-4H3/t24-,29-,34-,35+/m0/s1. The molecular weight excluding hydrogens is 578 g/mol. The van der Waals surface area contributed by atoms with Crippen LogP contribution in [0.5, 0.6) is 23.0 Å². The van der Waals surface area contributed by atoms with Gasteiger partial charge in [0.2, 0.25) is 0 Å². The van der Waals surface area contributed by atoms with Crippen LogP contribution in [-0.2, 0) is 9.05 Å². The fraction of sp³-hybridized carbons (Fsp3) is 0.314. The lowest BCUT2D eigenvalue weighted by atomic mass is 9.74. The van der Waals surface area contributed by atoms with Crippen molar-refractivity contribution in [2.24, 2.45) is 11.8 Å². The van der Waals surface area contributed by atoms with Crippen molar-refractivity contribution in [3.63, 3.8) is 0 Å². The van der Waals surface area contributed by atoms with Crippen LogP contribution >= 0.6 is 16.3 Å². The second-order valence-corrected chi connectivity index (χ2v) is 14.5. The molecule has 4 atom stereocenters. The van der Waals surface area contributed by atoms with Gasteiger partial charge in [0, 0.05) is 21.2 Å². The van der Waals surface area contributed by atoms with Crippen molar-refractivity contribution in [3.05, 3.63) is 97.1 Å². The van der Waals surface area contributed by atoms with Gasteiger partial charge in [0.1, 0.15) is 23.0 Å². The van der Waals surface area contributed by atoms with Crippen LogP contribution in [0.15, 0.2) is 97.1 Å². The zero-order valence-corrected chi connectivity index (χ0v) is 26.8. The van der Waals surface area contributed by atoms with Crippen LogP contribution in [0.1, 0.15) is 19.3 Å². The van der Waals surface area contributed by atoms with Gasteiger partial charge in [-0.3, -0.25) is 0 Å². The summed E-state index contributed by atoms with van der Waals surface area (Å²) in [5, 5.41) is 4.71. The third-order valence-corrected chi connectivity index (χ3v) is 12.5. The molecule has 0 spiro atoms. The van der Waals surface area contributed by atoms with Crippen molar-refractivity contribution < 1.29 is 28.0 Å². The predicted octanol–water partition coefficient (Wildman–Crippen LogP) is 6.32. The van der Waals surface area contributed by atoms with Crippen molar-refractivity contribution in [2.45, 2.75) is 31.5 Å². The molecule has 2 aliphatic carbocycles. The quantitative estimate of drug-likeness (QED) is 0.174. The van der Waals surface area contributed by atoms with Crippen LogP contribution in [0.3, 0.4) is 0 Å². The Morgan fingerprint density at radius 3 is 1.14 bits per heavy atom. The van der Waals surface area contributed by atoms with Crippen LogP contribution in [0, 0.1) is 11.8 Å². The van der Waals surface area contributed by atoms with Gasteiger partial charge in [-0.2, -0.15) is 0 Å². The molecule has 0 saturated heterocycles. The molecule has 0 aromatic heterocycles. The van der Waals surface area contributed by atoms with E-state index in [0.29, 0.717) is 11.8 Å². The minimum Gasteiger partial charge on any atom is -0.497 e. The number of ether oxygens (including phenoxy) is 4. The summed E-state index contributed by atoms with van der Waals surface area (Å²) in [6.07, 6.45) is 3.54. The monoisotopic (exact) mass is 616 g/mol. The summed E-state index contributed by atoms with van der Waals surface area (Å²) >= 11 is 0. The van der Waals surface area contributed by atoms with Gasteiger partial charge in [0.15, 0.2) is 0 Å². The highest BCUT2D eigenvalue weighted by Crippen LogP contribution is 2.55. The maximum absolute atomic E-state index is 7.00. The Bertz CT molecular complexity index is 1270. The number of rotatable bonds is 12. The number of fused-ring (bicyclic) bond motifs is 1. The Morgan fingerprint density at radius 1 is 0.442 bits per heavy atom. The van der Waals surface area contributed by atoms with Crippen LogP contribution in [-0.4, -0.2) is 40.6 Å². The molecule has 6 rings (SSSR count). The molecule has 0 bridgehead atoms. The highest BCUT2D eigenvalue weighted by atomic mass is 31.1. The fourth-order valence-corrected chi connectivity index (χ4v) is 9.76. The Labute approximate surface area is 256 Å². The summed E-state index contributed by atoms with van der Waals surface area (Å²) < 4.78 is 35.6. The van der Waals surface area contributed by atoms with Crippen LogP contribution in [0.2, 0.25) is 0 Å². The summed E-state index contributed by atoms with van der Waals surface area (Å²) in [5.41, 5.74) is 0. The minimum atomic E-state index is -0.992.